The molecular weight excluding hydrogens is 380 g/mol. The van der Waals surface area contributed by atoms with Gasteiger partial charge in [0, 0.05) is 19.7 Å². The highest BCUT2D eigenvalue weighted by molar-refractivity contribution is 5.98. The summed E-state index contributed by atoms with van der Waals surface area (Å²) >= 11 is 0. The van der Waals surface area contributed by atoms with Crippen LogP contribution in [-0.4, -0.2) is 44.5 Å². The quantitative estimate of drug-likeness (QED) is 0.707. The van der Waals surface area contributed by atoms with Gasteiger partial charge >= 0.3 is 0 Å². The van der Waals surface area contributed by atoms with Crippen LogP contribution in [0.1, 0.15) is 60.5 Å². The number of aromatic nitrogens is 3. The molecule has 0 saturated carbocycles. The van der Waals surface area contributed by atoms with Gasteiger partial charge in [-0.3, -0.25) is 24.5 Å². The van der Waals surface area contributed by atoms with Crippen molar-refractivity contribution in [2.24, 2.45) is 10.7 Å². The Hall–Kier alpha value is -3.42. The minimum atomic E-state index is -0.862. The minimum absolute atomic E-state index is 0.128. The number of nitrogens with two attached hydrogens (primary N) is 1. The SMILES string of the molecule is CCC/C=C/c1cnc(C(=O)Cc2ccnc(C3(C)CC(=O)N(C)C(N)=N3)c2)cn1. The van der Waals surface area contributed by atoms with E-state index in [0.29, 0.717) is 11.4 Å². The second kappa shape index (κ2) is 8.94. The van der Waals surface area contributed by atoms with E-state index in [0.717, 1.165) is 24.1 Å². The smallest absolute Gasteiger partial charge is 0.231 e. The summed E-state index contributed by atoms with van der Waals surface area (Å²) in [5.41, 5.74) is 7.41. The number of guanidine groups is 1. The van der Waals surface area contributed by atoms with E-state index in [1.54, 1.807) is 31.6 Å². The van der Waals surface area contributed by atoms with E-state index in [-0.39, 0.29) is 30.5 Å². The minimum Gasteiger partial charge on any atom is -0.369 e. The molecule has 156 valence electrons. The number of hydrogen-bond donors (Lipinski definition) is 1. The number of amides is 1. The standard InChI is InChI=1S/C22H26N6O2/c1-4-5-6-7-16-13-26-17(14-25-16)18(29)10-15-8-9-24-19(11-15)22(2)12-20(30)28(3)21(23)27-22/h6-9,11,13-14H,4-5,10,12H2,1-3H3,(H2,23,27)/b7-6+. The zero-order valence-electron chi connectivity index (χ0n) is 17.5. The molecule has 0 radical (unpaired) electrons. The van der Waals surface area contributed by atoms with Crippen molar-refractivity contribution in [3.63, 3.8) is 0 Å². The summed E-state index contributed by atoms with van der Waals surface area (Å²) in [5.74, 6) is -0.117. The van der Waals surface area contributed by atoms with Crippen LogP contribution < -0.4 is 5.73 Å². The summed E-state index contributed by atoms with van der Waals surface area (Å²) < 4.78 is 0. The molecule has 2 N–H and O–H groups in total. The number of carbonyl (C=O) groups excluding carboxylic acids is 2. The summed E-state index contributed by atoms with van der Waals surface area (Å²) in [4.78, 5) is 43.6. The molecule has 0 saturated heterocycles. The number of aliphatic imine (C=N–C) groups is 1. The van der Waals surface area contributed by atoms with E-state index in [4.69, 9.17) is 5.73 Å². The molecule has 30 heavy (non-hydrogen) atoms. The van der Waals surface area contributed by atoms with Gasteiger partial charge in [-0.2, -0.15) is 0 Å². The second-order valence-corrected chi connectivity index (χ2v) is 7.54. The van der Waals surface area contributed by atoms with Gasteiger partial charge in [0.25, 0.3) is 0 Å². The Balaban J connectivity index is 1.75. The van der Waals surface area contributed by atoms with Crippen LogP contribution in [0.25, 0.3) is 6.08 Å². The normalized spacial score (nSPS) is 19.2. The molecule has 8 nitrogen and oxygen atoms in total. The Kier molecular flexibility index (Phi) is 6.34. The van der Waals surface area contributed by atoms with Gasteiger partial charge in [0.05, 0.1) is 30.2 Å². The molecule has 2 aromatic heterocycles. The monoisotopic (exact) mass is 406 g/mol. The van der Waals surface area contributed by atoms with Crippen molar-refractivity contribution in [1.29, 1.82) is 0 Å². The summed E-state index contributed by atoms with van der Waals surface area (Å²) in [7, 11) is 1.59. The predicted molar refractivity (Wildman–Crippen MR) is 115 cm³/mol. The van der Waals surface area contributed by atoms with Gasteiger partial charge in [-0.1, -0.05) is 19.4 Å². The van der Waals surface area contributed by atoms with Crippen LogP contribution in [0.3, 0.4) is 0 Å². The van der Waals surface area contributed by atoms with Gasteiger partial charge in [0.1, 0.15) is 11.2 Å². The number of unbranched alkanes of at least 4 members (excludes halogenated alkanes) is 1. The number of pyridine rings is 1. The zero-order chi connectivity index (χ0) is 21.7. The van der Waals surface area contributed by atoms with Crippen LogP contribution in [0.4, 0.5) is 0 Å². The molecule has 1 aliphatic heterocycles. The average Bonchev–Trinajstić information content (AvgIpc) is 2.73. The van der Waals surface area contributed by atoms with Gasteiger partial charge in [-0.25, -0.2) is 9.98 Å². The van der Waals surface area contributed by atoms with Crippen LogP contribution >= 0.6 is 0 Å². The highest BCUT2D eigenvalue weighted by Gasteiger charge is 2.37. The van der Waals surface area contributed by atoms with E-state index in [9.17, 15) is 9.59 Å². The maximum Gasteiger partial charge on any atom is 0.231 e. The van der Waals surface area contributed by atoms with E-state index in [2.05, 4.69) is 26.9 Å². The molecule has 0 spiro atoms. The lowest BCUT2D eigenvalue weighted by Crippen LogP contribution is -2.47. The van der Waals surface area contributed by atoms with E-state index < -0.39 is 5.54 Å². The molecule has 1 amide bonds. The van der Waals surface area contributed by atoms with Crippen LogP contribution in [0.15, 0.2) is 41.8 Å². The predicted octanol–water partition coefficient (Wildman–Crippen LogP) is 2.50. The molecular formula is C22H26N6O2. The molecule has 0 fully saturated rings. The third kappa shape index (κ3) is 4.76. The number of carbonyl (C=O) groups is 2. The van der Waals surface area contributed by atoms with Gasteiger partial charge in [0.2, 0.25) is 5.91 Å². The van der Waals surface area contributed by atoms with Crippen LogP contribution in [0, 0.1) is 0 Å². The Bertz CT molecular complexity index is 999. The van der Waals surface area contributed by atoms with Crippen molar-refractivity contribution in [2.45, 2.75) is 45.1 Å². The lowest BCUT2D eigenvalue weighted by molar-refractivity contribution is -0.128. The van der Waals surface area contributed by atoms with Crippen molar-refractivity contribution in [3.05, 3.63) is 59.4 Å². The van der Waals surface area contributed by atoms with Crippen molar-refractivity contribution < 1.29 is 9.59 Å². The number of Topliss-reactive ketones (excluding diaryl/α,β-unsaturated/α-hetero) is 1. The Morgan fingerprint density at radius 2 is 2.10 bits per heavy atom. The van der Waals surface area contributed by atoms with Crippen molar-refractivity contribution >= 4 is 23.7 Å². The first-order valence-electron chi connectivity index (χ1n) is 9.91. The molecule has 1 aliphatic rings. The zero-order valence-corrected chi connectivity index (χ0v) is 17.5. The lowest BCUT2D eigenvalue weighted by Gasteiger charge is -2.32. The van der Waals surface area contributed by atoms with Crippen molar-refractivity contribution in [2.75, 3.05) is 7.05 Å². The molecule has 0 aromatic carbocycles. The Morgan fingerprint density at radius 1 is 1.30 bits per heavy atom. The van der Waals surface area contributed by atoms with E-state index in [1.807, 2.05) is 19.1 Å². The maximum absolute atomic E-state index is 12.7. The highest BCUT2D eigenvalue weighted by atomic mass is 16.2. The van der Waals surface area contributed by atoms with Gasteiger partial charge in [0.15, 0.2) is 11.7 Å². The number of ketones is 1. The van der Waals surface area contributed by atoms with Crippen molar-refractivity contribution in [3.8, 4) is 0 Å². The summed E-state index contributed by atoms with van der Waals surface area (Å²) in [6.45, 7) is 3.92. The number of rotatable bonds is 7. The van der Waals surface area contributed by atoms with Crippen LogP contribution in [0.5, 0.6) is 0 Å². The van der Waals surface area contributed by atoms with Crippen LogP contribution in [-0.2, 0) is 16.8 Å². The second-order valence-electron chi connectivity index (χ2n) is 7.54. The van der Waals surface area contributed by atoms with Crippen LogP contribution in [0.2, 0.25) is 0 Å². The fourth-order valence-corrected chi connectivity index (χ4v) is 3.15. The molecule has 1 unspecified atom stereocenters. The molecule has 0 bridgehead atoms. The highest BCUT2D eigenvalue weighted by Crippen LogP contribution is 2.31. The third-order valence-electron chi connectivity index (χ3n) is 5.02. The van der Waals surface area contributed by atoms with Gasteiger partial charge in [-0.15, -0.1) is 0 Å². The third-order valence-corrected chi connectivity index (χ3v) is 5.02. The summed E-state index contributed by atoms with van der Waals surface area (Å²) in [5, 5.41) is 0. The first-order valence-corrected chi connectivity index (χ1v) is 9.91. The fourth-order valence-electron chi connectivity index (χ4n) is 3.15. The molecule has 1 atom stereocenters. The molecule has 2 aromatic rings. The summed E-state index contributed by atoms with van der Waals surface area (Å²) in [6, 6.07) is 3.56. The molecule has 3 heterocycles. The van der Waals surface area contributed by atoms with E-state index in [1.165, 1.54) is 11.1 Å². The fraction of sp³-hybridized carbons (Fsp3) is 0.364. The van der Waals surface area contributed by atoms with Crippen molar-refractivity contribution in [1.82, 2.24) is 19.9 Å². The first-order chi connectivity index (χ1) is 14.3. The Labute approximate surface area is 176 Å². The number of hydrogen-bond acceptors (Lipinski definition) is 7. The number of allylic oxidation sites excluding steroid dienone is 1. The van der Waals surface area contributed by atoms with Gasteiger partial charge < -0.3 is 5.73 Å². The Morgan fingerprint density at radius 3 is 2.77 bits per heavy atom. The average molecular weight is 406 g/mol. The lowest BCUT2D eigenvalue weighted by atomic mass is 9.90. The van der Waals surface area contributed by atoms with E-state index >= 15 is 0 Å². The number of nitrogens with zero attached hydrogens (tertiary/aromatic N) is 5. The largest absolute Gasteiger partial charge is 0.369 e. The topological polar surface area (TPSA) is 114 Å². The van der Waals surface area contributed by atoms with Gasteiger partial charge in [-0.05, 0) is 37.1 Å². The maximum atomic E-state index is 12.7. The molecule has 0 aliphatic carbocycles. The molecule has 8 heteroatoms. The first kappa shape index (κ1) is 21.3. The summed E-state index contributed by atoms with van der Waals surface area (Å²) in [6.07, 6.45) is 11.0. The molecule has 3 rings (SSSR count).